The van der Waals surface area contributed by atoms with Crippen LogP contribution in [0.4, 0.5) is 0 Å². The van der Waals surface area contributed by atoms with Crippen LogP contribution in [0.1, 0.15) is 20.3 Å². The summed E-state index contributed by atoms with van der Waals surface area (Å²) >= 11 is 0. The van der Waals surface area contributed by atoms with Crippen LogP contribution in [0.5, 0.6) is 0 Å². The minimum absolute atomic E-state index is 0.0434. The van der Waals surface area contributed by atoms with Crippen molar-refractivity contribution in [3.63, 3.8) is 0 Å². The Kier molecular flexibility index (Phi) is 4.50. The molecule has 1 amide bonds. The van der Waals surface area contributed by atoms with E-state index >= 15 is 0 Å². The van der Waals surface area contributed by atoms with Gasteiger partial charge in [-0.15, -0.1) is 0 Å². The van der Waals surface area contributed by atoms with Crippen molar-refractivity contribution in [2.75, 3.05) is 19.6 Å². The highest BCUT2D eigenvalue weighted by Gasteiger charge is 2.34. The number of amides is 1. The Morgan fingerprint density at radius 2 is 2.00 bits per heavy atom. The maximum atomic E-state index is 11.6. The summed E-state index contributed by atoms with van der Waals surface area (Å²) < 4.78 is 0. The summed E-state index contributed by atoms with van der Waals surface area (Å²) in [4.78, 5) is 13.4. The standard InChI is InChI=1S/C10H20N2O3/c1-3-4-11-10(15)7(2)12-5-8(13)9(14)6-12/h7-9,13-14H,3-6H2,1-2H3,(H,11,15)/t7?,8-,9+. The molecule has 1 saturated heterocycles. The molecule has 15 heavy (non-hydrogen) atoms. The van der Waals surface area contributed by atoms with Gasteiger partial charge in [0.25, 0.3) is 0 Å². The lowest BCUT2D eigenvalue weighted by molar-refractivity contribution is -0.125. The van der Waals surface area contributed by atoms with Gasteiger partial charge in [-0.1, -0.05) is 6.92 Å². The average molecular weight is 216 g/mol. The zero-order chi connectivity index (χ0) is 11.4. The van der Waals surface area contributed by atoms with Crippen molar-refractivity contribution < 1.29 is 15.0 Å². The highest BCUT2D eigenvalue weighted by molar-refractivity contribution is 5.81. The lowest BCUT2D eigenvalue weighted by Gasteiger charge is -2.22. The van der Waals surface area contributed by atoms with E-state index in [4.69, 9.17) is 0 Å². The third kappa shape index (κ3) is 3.15. The highest BCUT2D eigenvalue weighted by atomic mass is 16.3. The molecule has 0 bridgehead atoms. The van der Waals surface area contributed by atoms with Gasteiger partial charge in [-0.05, 0) is 13.3 Å². The van der Waals surface area contributed by atoms with E-state index in [9.17, 15) is 15.0 Å². The predicted molar refractivity (Wildman–Crippen MR) is 56.3 cm³/mol. The highest BCUT2D eigenvalue weighted by Crippen LogP contribution is 2.13. The molecule has 1 fully saturated rings. The Balaban J connectivity index is 2.40. The molecule has 1 rings (SSSR count). The fourth-order valence-electron chi connectivity index (χ4n) is 1.68. The van der Waals surface area contributed by atoms with Crippen molar-refractivity contribution in [2.45, 2.75) is 38.5 Å². The van der Waals surface area contributed by atoms with Gasteiger partial charge in [0.2, 0.25) is 5.91 Å². The number of aliphatic hydroxyl groups excluding tert-OH is 2. The van der Waals surface area contributed by atoms with Gasteiger partial charge in [0, 0.05) is 19.6 Å². The van der Waals surface area contributed by atoms with E-state index in [1.54, 1.807) is 11.8 Å². The topological polar surface area (TPSA) is 72.8 Å². The molecule has 0 aromatic rings. The van der Waals surface area contributed by atoms with E-state index in [2.05, 4.69) is 5.32 Å². The number of nitrogens with zero attached hydrogens (tertiary/aromatic N) is 1. The fourth-order valence-corrected chi connectivity index (χ4v) is 1.68. The number of carbonyl (C=O) groups excluding carboxylic acids is 1. The molecule has 1 aliphatic rings. The Morgan fingerprint density at radius 3 is 2.47 bits per heavy atom. The van der Waals surface area contributed by atoms with Gasteiger partial charge in [-0.2, -0.15) is 0 Å². The van der Waals surface area contributed by atoms with Gasteiger partial charge in [0.1, 0.15) is 0 Å². The third-order valence-electron chi connectivity index (χ3n) is 2.76. The van der Waals surface area contributed by atoms with Crippen LogP contribution >= 0.6 is 0 Å². The lowest BCUT2D eigenvalue weighted by atomic mass is 10.2. The predicted octanol–water partition coefficient (Wildman–Crippen LogP) is -1.06. The number of β-amino-alcohol motifs (C(OH)–C–C–N with tert-alkyl or cyclic N) is 2. The quantitative estimate of drug-likeness (QED) is 0.560. The van der Waals surface area contributed by atoms with Gasteiger partial charge in [-0.25, -0.2) is 0 Å². The molecule has 0 aromatic carbocycles. The molecular weight excluding hydrogens is 196 g/mol. The Hall–Kier alpha value is -0.650. The third-order valence-corrected chi connectivity index (χ3v) is 2.76. The molecule has 0 aliphatic carbocycles. The Morgan fingerprint density at radius 1 is 1.47 bits per heavy atom. The summed E-state index contributed by atoms with van der Waals surface area (Å²) in [6, 6.07) is -0.289. The van der Waals surface area contributed by atoms with Crippen LogP contribution in [0.15, 0.2) is 0 Å². The maximum absolute atomic E-state index is 11.6. The smallest absolute Gasteiger partial charge is 0.237 e. The van der Waals surface area contributed by atoms with Crippen molar-refractivity contribution >= 4 is 5.91 Å². The molecule has 88 valence electrons. The molecule has 0 saturated carbocycles. The Bertz CT molecular complexity index is 213. The van der Waals surface area contributed by atoms with Crippen LogP contribution in [-0.4, -0.2) is 58.9 Å². The number of nitrogens with one attached hydrogen (secondary N) is 1. The second-order valence-electron chi connectivity index (χ2n) is 4.06. The molecular formula is C10H20N2O3. The van der Waals surface area contributed by atoms with Crippen LogP contribution < -0.4 is 5.32 Å². The first-order valence-electron chi connectivity index (χ1n) is 5.44. The van der Waals surface area contributed by atoms with Crippen LogP contribution in [0.2, 0.25) is 0 Å². The first kappa shape index (κ1) is 12.4. The van der Waals surface area contributed by atoms with Gasteiger partial charge in [0.15, 0.2) is 0 Å². The maximum Gasteiger partial charge on any atom is 0.237 e. The van der Waals surface area contributed by atoms with E-state index in [-0.39, 0.29) is 11.9 Å². The summed E-state index contributed by atoms with van der Waals surface area (Å²) in [6.07, 6.45) is -0.554. The summed E-state index contributed by atoms with van der Waals surface area (Å²) in [5, 5.41) is 21.5. The second-order valence-corrected chi connectivity index (χ2v) is 4.06. The van der Waals surface area contributed by atoms with Gasteiger partial charge < -0.3 is 15.5 Å². The lowest BCUT2D eigenvalue weighted by Crippen LogP contribution is -2.44. The zero-order valence-corrected chi connectivity index (χ0v) is 9.31. The number of hydrogen-bond acceptors (Lipinski definition) is 4. The van der Waals surface area contributed by atoms with Crippen molar-refractivity contribution in [3.8, 4) is 0 Å². The van der Waals surface area contributed by atoms with Crippen molar-refractivity contribution in [1.29, 1.82) is 0 Å². The second kappa shape index (κ2) is 5.44. The molecule has 3 N–H and O–H groups in total. The SMILES string of the molecule is CCCNC(=O)C(C)N1C[C@@H](O)[C@@H](O)C1. The van der Waals surface area contributed by atoms with Gasteiger partial charge in [-0.3, -0.25) is 9.69 Å². The molecule has 0 aromatic heterocycles. The number of carbonyl (C=O) groups is 1. The summed E-state index contributed by atoms with van der Waals surface area (Å²) in [5.74, 6) is -0.0434. The molecule has 1 unspecified atom stereocenters. The molecule has 1 aliphatic heterocycles. The molecule has 1 heterocycles. The summed E-state index contributed by atoms with van der Waals surface area (Å²) in [6.45, 7) is 5.18. The number of hydrogen-bond donors (Lipinski definition) is 3. The monoisotopic (exact) mass is 216 g/mol. The summed E-state index contributed by atoms with van der Waals surface area (Å²) in [7, 11) is 0. The molecule has 5 heteroatoms. The van der Waals surface area contributed by atoms with Crippen molar-refractivity contribution in [2.24, 2.45) is 0 Å². The fraction of sp³-hybridized carbons (Fsp3) is 0.900. The molecule has 0 radical (unpaired) electrons. The molecule has 0 spiro atoms. The number of likely N-dealkylation sites (tertiary alicyclic amines) is 1. The first-order chi connectivity index (χ1) is 7.06. The molecule has 5 nitrogen and oxygen atoms in total. The van der Waals surface area contributed by atoms with E-state index < -0.39 is 12.2 Å². The van der Waals surface area contributed by atoms with E-state index in [1.165, 1.54) is 0 Å². The van der Waals surface area contributed by atoms with Crippen molar-refractivity contribution in [1.82, 2.24) is 10.2 Å². The largest absolute Gasteiger partial charge is 0.389 e. The van der Waals surface area contributed by atoms with Crippen molar-refractivity contribution in [3.05, 3.63) is 0 Å². The van der Waals surface area contributed by atoms with E-state index in [1.807, 2.05) is 6.92 Å². The van der Waals surface area contributed by atoms with Crippen LogP contribution in [0.25, 0.3) is 0 Å². The Labute approximate surface area is 90.1 Å². The van der Waals surface area contributed by atoms with Crippen LogP contribution in [-0.2, 0) is 4.79 Å². The number of rotatable bonds is 4. The normalized spacial score (nSPS) is 29.1. The minimum Gasteiger partial charge on any atom is -0.389 e. The number of aliphatic hydroxyl groups is 2. The average Bonchev–Trinajstić information content (AvgIpc) is 2.54. The van der Waals surface area contributed by atoms with Crippen LogP contribution in [0.3, 0.4) is 0 Å². The van der Waals surface area contributed by atoms with E-state index in [0.29, 0.717) is 19.6 Å². The first-order valence-corrected chi connectivity index (χ1v) is 5.44. The van der Waals surface area contributed by atoms with Crippen LogP contribution in [0, 0.1) is 0 Å². The minimum atomic E-state index is -0.730. The molecule has 3 atom stereocenters. The van der Waals surface area contributed by atoms with Gasteiger partial charge >= 0.3 is 0 Å². The summed E-state index contributed by atoms with van der Waals surface area (Å²) in [5.41, 5.74) is 0. The zero-order valence-electron chi connectivity index (χ0n) is 9.31. The van der Waals surface area contributed by atoms with E-state index in [0.717, 1.165) is 6.42 Å². The van der Waals surface area contributed by atoms with Gasteiger partial charge in [0.05, 0.1) is 18.2 Å².